The van der Waals surface area contributed by atoms with Crippen LogP contribution in [0.25, 0.3) is 0 Å². The van der Waals surface area contributed by atoms with E-state index in [-0.39, 0.29) is 11.9 Å². The van der Waals surface area contributed by atoms with Crippen molar-refractivity contribution in [2.75, 3.05) is 6.54 Å². The van der Waals surface area contributed by atoms with Gasteiger partial charge in [0.2, 0.25) is 0 Å². The van der Waals surface area contributed by atoms with Crippen LogP contribution in [0.1, 0.15) is 24.1 Å². The second kappa shape index (κ2) is 7.55. The third-order valence-electron chi connectivity index (χ3n) is 2.98. The average molecular weight is 500 g/mol. The lowest BCUT2D eigenvalue weighted by atomic mass is 9.98. The van der Waals surface area contributed by atoms with Crippen LogP contribution in [0.3, 0.4) is 0 Å². The molecule has 2 aromatic carbocycles. The maximum absolute atomic E-state index is 14.3. The molecule has 2 aromatic rings. The van der Waals surface area contributed by atoms with Crippen molar-refractivity contribution in [3.63, 3.8) is 0 Å². The normalized spacial score (nSPS) is 12.5. The van der Waals surface area contributed by atoms with Gasteiger partial charge in [-0.05, 0) is 58.4 Å². The van der Waals surface area contributed by atoms with Gasteiger partial charge in [0, 0.05) is 19.0 Å². The molecule has 0 saturated heterocycles. The summed E-state index contributed by atoms with van der Waals surface area (Å²) in [5.74, 6) is -0.298. The highest BCUT2D eigenvalue weighted by Crippen LogP contribution is 2.33. The van der Waals surface area contributed by atoms with Crippen molar-refractivity contribution in [2.24, 2.45) is 0 Å². The van der Waals surface area contributed by atoms with E-state index in [0.29, 0.717) is 21.6 Å². The zero-order valence-corrected chi connectivity index (χ0v) is 16.6. The molecule has 21 heavy (non-hydrogen) atoms. The summed E-state index contributed by atoms with van der Waals surface area (Å²) in [6, 6.07) is 8.66. The molecule has 0 aliphatic carbocycles. The molecule has 0 aliphatic heterocycles. The van der Waals surface area contributed by atoms with Gasteiger partial charge in [0.25, 0.3) is 0 Å². The van der Waals surface area contributed by atoms with Crippen LogP contribution in [-0.4, -0.2) is 6.54 Å². The fourth-order valence-electron chi connectivity index (χ4n) is 2.11. The molecule has 0 bridgehead atoms. The zero-order chi connectivity index (χ0) is 15.6. The predicted molar refractivity (Wildman–Crippen MR) is 96.5 cm³/mol. The van der Waals surface area contributed by atoms with E-state index >= 15 is 0 Å². The fourth-order valence-corrected chi connectivity index (χ4v) is 3.93. The van der Waals surface area contributed by atoms with Crippen molar-refractivity contribution < 1.29 is 4.39 Å². The monoisotopic (exact) mass is 497 g/mol. The number of rotatable bonds is 4. The summed E-state index contributed by atoms with van der Waals surface area (Å²) in [5.41, 5.74) is 1.48. The van der Waals surface area contributed by atoms with Crippen LogP contribution in [-0.2, 0) is 0 Å². The van der Waals surface area contributed by atoms with Crippen LogP contribution in [0, 0.1) is 5.82 Å². The quantitative estimate of drug-likeness (QED) is 0.475. The maximum atomic E-state index is 14.3. The second-order valence-corrected chi connectivity index (χ2v) is 7.57. The molecule has 1 atom stereocenters. The molecule has 0 heterocycles. The summed E-state index contributed by atoms with van der Waals surface area (Å²) in [7, 11) is 0. The van der Waals surface area contributed by atoms with Gasteiger partial charge in [0.1, 0.15) is 5.82 Å². The van der Waals surface area contributed by atoms with E-state index in [0.717, 1.165) is 14.5 Å². The number of hydrogen-bond donors (Lipinski definition) is 1. The van der Waals surface area contributed by atoms with Gasteiger partial charge in [0.05, 0.1) is 11.1 Å². The minimum atomic E-state index is -0.298. The molecule has 1 nitrogen and oxygen atoms in total. The third kappa shape index (κ3) is 4.29. The van der Waals surface area contributed by atoms with E-state index in [1.165, 1.54) is 6.07 Å². The highest BCUT2D eigenvalue weighted by atomic mass is 79.9. The lowest BCUT2D eigenvalue weighted by Crippen LogP contribution is -2.23. The fraction of sp³-hybridized carbons (Fsp3) is 0.200. The summed E-state index contributed by atoms with van der Waals surface area (Å²) in [6.45, 7) is 2.69. The summed E-state index contributed by atoms with van der Waals surface area (Å²) in [5, 5.41) is 3.79. The number of nitrogens with one attached hydrogen (secondary N) is 1. The Morgan fingerprint density at radius 3 is 2.29 bits per heavy atom. The van der Waals surface area contributed by atoms with Crippen LogP contribution in [0.2, 0.25) is 5.02 Å². The molecule has 2 rings (SSSR count). The Morgan fingerprint density at radius 1 is 1.10 bits per heavy atom. The van der Waals surface area contributed by atoms with Gasteiger partial charge in [-0.25, -0.2) is 4.39 Å². The highest BCUT2D eigenvalue weighted by molar-refractivity contribution is 9.11. The Labute approximate surface area is 153 Å². The topological polar surface area (TPSA) is 12.0 Å². The Bertz CT molecular complexity index is 643. The van der Waals surface area contributed by atoms with Gasteiger partial charge in [-0.3, -0.25) is 0 Å². The molecular formula is C15H12Br3ClFN. The number of hydrogen-bond acceptors (Lipinski definition) is 1. The van der Waals surface area contributed by atoms with Gasteiger partial charge < -0.3 is 5.32 Å². The molecule has 0 saturated carbocycles. The molecule has 1 unspecified atom stereocenters. The molecule has 6 heteroatoms. The molecule has 0 radical (unpaired) electrons. The van der Waals surface area contributed by atoms with Crippen molar-refractivity contribution in [3.8, 4) is 0 Å². The SMILES string of the molecule is CCNC(c1cc(Br)cc(Br)c1)c1cc(Cl)c(Br)cc1F. The first-order chi connectivity index (χ1) is 9.92. The van der Waals surface area contributed by atoms with Crippen LogP contribution >= 0.6 is 59.4 Å². The maximum Gasteiger partial charge on any atom is 0.129 e. The molecule has 1 N–H and O–H groups in total. The van der Waals surface area contributed by atoms with E-state index in [1.54, 1.807) is 6.07 Å². The molecular weight excluding hydrogens is 488 g/mol. The van der Waals surface area contributed by atoms with Crippen LogP contribution in [0.4, 0.5) is 4.39 Å². The number of benzene rings is 2. The lowest BCUT2D eigenvalue weighted by Gasteiger charge is -2.21. The second-order valence-electron chi connectivity index (χ2n) is 4.48. The van der Waals surface area contributed by atoms with Crippen LogP contribution < -0.4 is 5.32 Å². The largest absolute Gasteiger partial charge is 0.306 e. The van der Waals surface area contributed by atoms with Crippen LogP contribution in [0.5, 0.6) is 0 Å². The molecule has 0 spiro atoms. The molecule has 0 fully saturated rings. The first-order valence-corrected chi connectivity index (χ1v) is 9.02. The van der Waals surface area contributed by atoms with Crippen molar-refractivity contribution >= 4 is 59.4 Å². The van der Waals surface area contributed by atoms with E-state index in [9.17, 15) is 4.39 Å². The Morgan fingerprint density at radius 2 is 1.71 bits per heavy atom. The summed E-state index contributed by atoms with van der Waals surface area (Å²) in [6.07, 6.45) is 0. The number of halogens is 5. The van der Waals surface area contributed by atoms with Gasteiger partial charge in [-0.1, -0.05) is 50.4 Å². The minimum absolute atomic E-state index is 0.269. The average Bonchev–Trinajstić information content (AvgIpc) is 2.39. The lowest BCUT2D eigenvalue weighted by molar-refractivity contribution is 0.558. The van der Waals surface area contributed by atoms with Crippen LogP contribution in [0.15, 0.2) is 43.7 Å². The zero-order valence-electron chi connectivity index (χ0n) is 11.1. The summed E-state index contributed by atoms with van der Waals surface area (Å²) >= 11 is 16.3. The molecule has 112 valence electrons. The molecule has 0 aliphatic rings. The predicted octanol–water partition coefficient (Wildman–Crippen LogP) is 6.47. The summed E-state index contributed by atoms with van der Waals surface area (Å²) < 4.78 is 16.7. The minimum Gasteiger partial charge on any atom is -0.306 e. The first-order valence-electron chi connectivity index (χ1n) is 6.26. The molecule has 0 amide bonds. The van der Waals surface area contributed by atoms with Gasteiger partial charge in [0.15, 0.2) is 0 Å². The van der Waals surface area contributed by atoms with E-state index in [4.69, 9.17) is 11.6 Å². The first kappa shape index (κ1) is 17.4. The Kier molecular flexibility index (Phi) is 6.26. The third-order valence-corrected chi connectivity index (χ3v) is 5.09. The Hall–Kier alpha value is 0.0600. The smallest absolute Gasteiger partial charge is 0.129 e. The van der Waals surface area contributed by atoms with E-state index in [1.807, 2.05) is 25.1 Å². The van der Waals surface area contributed by atoms with Gasteiger partial charge >= 0.3 is 0 Å². The van der Waals surface area contributed by atoms with E-state index in [2.05, 4.69) is 53.1 Å². The molecule has 0 aromatic heterocycles. The van der Waals surface area contributed by atoms with Crippen molar-refractivity contribution in [1.29, 1.82) is 0 Å². The van der Waals surface area contributed by atoms with Gasteiger partial charge in [-0.2, -0.15) is 0 Å². The highest BCUT2D eigenvalue weighted by Gasteiger charge is 2.19. The van der Waals surface area contributed by atoms with Crippen molar-refractivity contribution in [3.05, 3.63) is 65.7 Å². The standard InChI is InChI=1S/C15H12Br3ClFN/c1-2-21-15(8-3-9(16)5-10(17)4-8)11-6-13(19)12(18)7-14(11)20/h3-7,15,21H,2H2,1H3. The van der Waals surface area contributed by atoms with Gasteiger partial charge in [-0.15, -0.1) is 0 Å². The summed E-state index contributed by atoms with van der Waals surface area (Å²) in [4.78, 5) is 0. The van der Waals surface area contributed by atoms with E-state index < -0.39 is 0 Å². The van der Waals surface area contributed by atoms with Crippen molar-refractivity contribution in [2.45, 2.75) is 13.0 Å². The Balaban J connectivity index is 2.55. The van der Waals surface area contributed by atoms with Crippen molar-refractivity contribution in [1.82, 2.24) is 5.32 Å².